The molecule has 0 aliphatic heterocycles. The topological polar surface area (TPSA) is 128 Å². The third-order valence-corrected chi connectivity index (χ3v) is 5.99. The Morgan fingerprint density at radius 1 is 0.833 bits per heavy atom. The lowest BCUT2D eigenvalue weighted by Gasteiger charge is -2.25. The Kier molecular flexibility index (Phi) is 9.39. The van der Waals surface area contributed by atoms with E-state index in [2.05, 4.69) is 10.0 Å². The van der Waals surface area contributed by atoms with Gasteiger partial charge in [-0.3, -0.25) is 14.4 Å². The molecule has 0 aliphatic carbocycles. The second-order valence-corrected chi connectivity index (χ2v) is 11.9. The molecule has 0 spiro atoms. The molecule has 36 heavy (non-hydrogen) atoms. The molecule has 0 saturated carbocycles. The van der Waals surface area contributed by atoms with E-state index in [1.165, 1.54) is 24.3 Å². The number of hydrogen-bond donors (Lipinski definition) is 2. The molecule has 0 aromatic heterocycles. The summed E-state index contributed by atoms with van der Waals surface area (Å²) in [5.74, 6) is -1.70. The molecule has 2 aromatic carbocycles. The first kappa shape index (κ1) is 29.0. The number of esters is 2. The van der Waals surface area contributed by atoms with Crippen LogP contribution in [0.2, 0.25) is 0 Å². The van der Waals surface area contributed by atoms with Gasteiger partial charge in [0.05, 0.1) is 4.90 Å². The van der Waals surface area contributed by atoms with E-state index in [0.717, 1.165) is 0 Å². The number of rotatable bonds is 9. The van der Waals surface area contributed by atoms with Crippen molar-refractivity contribution >= 4 is 33.6 Å². The van der Waals surface area contributed by atoms with Crippen LogP contribution < -0.4 is 10.0 Å². The highest BCUT2D eigenvalue weighted by Gasteiger charge is 2.31. The van der Waals surface area contributed by atoms with Crippen LogP contribution in [0.3, 0.4) is 0 Å². The highest BCUT2D eigenvalue weighted by Crippen LogP contribution is 2.18. The number of amides is 1. The van der Waals surface area contributed by atoms with Gasteiger partial charge in [0.2, 0.25) is 10.0 Å². The summed E-state index contributed by atoms with van der Waals surface area (Å²) in [7, 11) is -4.16. The van der Waals surface area contributed by atoms with Gasteiger partial charge in [0.1, 0.15) is 17.2 Å². The van der Waals surface area contributed by atoms with Gasteiger partial charge in [-0.2, -0.15) is 4.72 Å². The van der Waals surface area contributed by atoms with Crippen LogP contribution in [0.4, 0.5) is 5.69 Å². The monoisotopic (exact) mass is 518 g/mol. The average Bonchev–Trinajstić information content (AvgIpc) is 2.75. The van der Waals surface area contributed by atoms with Gasteiger partial charge < -0.3 is 14.8 Å². The maximum atomic E-state index is 13.0. The average molecular weight is 519 g/mol. The summed E-state index contributed by atoms with van der Waals surface area (Å²) in [6.07, 6.45) is -0.331. The van der Waals surface area contributed by atoms with Gasteiger partial charge in [0, 0.05) is 17.7 Å². The number of ether oxygens (including phenoxy) is 2. The molecule has 0 aliphatic rings. The second kappa shape index (κ2) is 11.7. The van der Waals surface area contributed by atoms with Crippen molar-refractivity contribution in [1.82, 2.24) is 4.72 Å². The Hall–Kier alpha value is -3.24. The molecule has 0 bridgehead atoms. The normalized spacial score (nSPS) is 12.9. The van der Waals surface area contributed by atoms with Gasteiger partial charge >= 0.3 is 11.9 Å². The fraction of sp³-hybridized carbons (Fsp3) is 0.423. The fourth-order valence-electron chi connectivity index (χ4n) is 3.02. The van der Waals surface area contributed by atoms with E-state index in [0.29, 0.717) is 11.3 Å². The summed E-state index contributed by atoms with van der Waals surface area (Å²) in [6, 6.07) is 12.8. The zero-order chi connectivity index (χ0) is 27.1. The molecule has 9 nitrogen and oxygen atoms in total. The van der Waals surface area contributed by atoms with E-state index in [1.807, 2.05) is 0 Å². The third kappa shape index (κ3) is 9.79. The lowest BCUT2D eigenvalue weighted by molar-refractivity contribution is -0.158. The predicted octanol–water partition coefficient (Wildman–Crippen LogP) is 4.05. The fourth-order valence-corrected chi connectivity index (χ4v) is 4.24. The molecule has 2 aromatic rings. The van der Waals surface area contributed by atoms with E-state index in [1.54, 1.807) is 71.9 Å². The number of benzene rings is 2. The van der Waals surface area contributed by atoms with E-state index in [4.69, 9.17) is 9.47 Å². The smallest absolute Gasteiger partial charge is 0.324 e. The SMILES string of the molecule is CC(C)(C)OC(=O)CC[C@H](NS(=O)(=O)c1ccc(NC(=O)c2ccccc2)cc1)C(=O)OC(C)(C)C. The van der Waals surface area contributed by atoms with Gasteiger partial charge in [0.15, 0.2) is 0 Å². The van der Waals surface area contributed by atoms with Crippen molar-refractivity contribution in [2.75, 3.05) is 5.32 Å². The predicted molar refractivity (Wildman–Crippen MR) is 136 cm³/mol. The number of nitrogens with one attached hydrogen (secondary N) is 2. The van der Waals surface area contributed by atoms with Crippen LogP contribution in [0.15, 0.2) is 59.5 Å². The summed E-state index contributed by atoms with van der Waals surface area (Å²) < 4.78 is 39.0. The lowest BCUT2D eigenvalue weighted by atomic mass is 10.1. The summed E-state index contributed by atoms with van der Waals surface area (Å²) in [4.78, 5) is 37.1. The number of sulfonamides is 1. The first-order chi connectivity index (χ1) is 16.6. The van der Waals surface area contributed by atoms with Crippen LogP contribution in [0.25, 0.3) is 0 Å². The molecular weight excluding hydrogens is 484 g/mol. The largest absolute Gasteiger partial charge is 0.460 e. The Morgan fingerprint density at radius 3 is 1.92 bits per heavy atom. The maximum Gasteiger partial charge on any atom is 0.324 e. The van der Waals surface area contributed by atoms with Crippen molar-refractivity contribution in [2.45, 2.75) is 76.5 Å². The first-order valence-corrected chi connectivity index (χ1v) is 13.0. The van der Waals surface area contributed by atoms with Crippen molar-refractivity contribution in [3.8, 4) is 0 Å². The van der Waals surface area contributed by atoms with Crippen LogP contribution in [0.5, 0.6) is 0 Å². The van der Waals surface area contributed by atoms with Gasteiger partial charge in [0.25, 0.3) is 5.91 Å². The Morgan fingerprint density at radius 2 is 1.39 bits per heavy atom. The molecule has 196 valence electrons. The van der Waals surface area contributed by atoms with Gasteiger partial charge in [-0.15, -0.1) is 0 Å². The molecule has 10 heteroatoms. The molecule has 0 unspecified atom stereocenters. The number of carbonyl (C=O) groups excluding carboxylic acids is 3. The second-order valence-electron chi connectivity index (χ2n) is 10.2. The van der Waals surface area contributed by atoms with Crippen molar-refractivity contribution in [3.63, 3.8) is 0 Å². The number of anilines is 1. The summed E-state index contributed by atoms with van der Waals surface area (Å²) in [6.45, 7) is 10.1. The number of carbonyl (C=O) groups is 3. The molecule has 2 N–H and O–H groups in total. The highest BCUT2D eigenvalue weighted by atomic mass is 32.2. The molecule has 2 rings (SSSR count). The molecule has 0 radical (unpaired) electrons. The van der Waals surface area contributed by atoms with Crippen LogP contribution in [-0.2, 0) is 29.1 Å². The van der Waals surface area contributed by atoms with E-state index in [-0.39, 0.29) is 23.6 Å². The van der Waals surface area contributed by atoms with E-state index >= 15 is 0 Å². The summed E-state index contributed by atoms with van der Waals surface area (Å²) >= 11 is 0. The van der Waals surface area contributed by atoms with Crippen LogP contribution in [0, 0.1) is 0 Å². The molecule has 0 saturated heterocycles. The van der Waals surface area contributed by atoms with Gasteiger partial charge in [-0.25, -0.2) is 8.42 Å². The molecule has 1 amide bonds. The van der Waals surface area contributed by atoms with E-state index in [9.17, 15) is 22.8 Å². The molecular formula is C26H34N2O7S. The molecule has 0 heterocycles. The minimum atomic E-state index is -4.16. The zero-order valence-electron chi connectivity index (χ0n) is 21.5. The Bertz CT molecular complexity index is 1160. The third-order valence-electron chi connectivity index (χ3n) is 4.50. The minimum absolute atomic E-state index is 0.119. The maximum absolute atomic E-state index is 13.0. The minimum Gasteiger partial charge on any atom is -0.460 e. The summed E-state index contributed by atoms with van der Waals surface area (Å²) in [5, 5.41) is 2.69. The number of hydrogen-bond acceptors (Lipinski definition) is 7. The van der Waals surface area contributed by atoms with Crippen molar-refractivity contribution in [3.05, 3.63) is 60.2 Å². The van der Waals surface area contributed by atoms with Crippen LogP contribution in [-0.4, -0.2) is 43.5 Å². The van der Waals surface area contributed by atoms with Crippen molar-refractivity contribution < 1.29 is 32.3 Å². The quantitative estimate of drug-likeness (QED) is 0.479. The van der Waals surface area contributed by atoms with E-state index < -0.39 is 39.2 Å². The van der Waals surface area contributed by atoms with Crippen LogP contribution in [0.1, 0.15) is 64.7 Å². The lowest BCUT2D eigenvalue weighted by Crippen LogP contribution is -2.44. The molecule has 1 atom stereocenters. The van der Waals surface area contributed by atoms with Gasteiger partial charge in [-0.1, -0.05) is 18.2 Å². The Labute approximate surface area is 212 Å². The van der Waals surface area contributed by atoms with Crippen molar-refractivity contribution in [1.29, 1.82) is 0 Å². The van der Waals surface area contributed by atoms with Crippen LogP contribution >= 0.6 is 0 Å². The highest BCUT2D eigenvalue weighted by molar-refractivity contribution is 7.89. The zero-order valence-corrected chi connectivity index (χ0v) is 22.3. The van der Waals surface area contributed by atoms with Gasteiger partial charge in [-0.05, 0) is 84.4 Å². The standard InChI is InChI=1S/C26H34N2O7S/c1-25(2,3)34-22(29)17-16-21(24(31)35-26(4,5)6)28-36(32,33)20-14-12-19(13-15-20)27-23(30)18-10-8-7-9-11-18/h7-15,21,28H,16-17H2,1-6H3,(H,27,30)/t21-/m0/s1. The van der Waals surface area contributed by atoms with Crippen molar-refractivity contribution in [2.24, 2.45) is 0 Å². The molecule has 0 fully saturated rings. The Balaban J connectivity index is 2.15. The first-order valence-electron chi connectivity index (χ1n) is 11.5. The summed E-state index contributed by atoms with van der Waals surface area (Å²) in [5.41, 5.74) is -0.710.